The highest BCUT2D eigenvalue weighted by Crippen LogP contribution is 2.36. The van der Waals surface area contributed by atoms with Gasteiger partial charge in [-0.2, -0.15) is 0 Å². The zero-order valence-corrected chi connectivity index (χ0v) is 10.9. The Bertz CT molecular complexity index is 694. The van der Waals surface area contributed by atoms with Crippen molar-refractivity contribution in [2.24, 2.45) is 0 Å². The van der Waals surface area contributed by atoms with Crippen LogP contribution in [0, 0.1) is 0 Å². The van der Waals surface area contributed by atoms with Crippen molar-refractivity contribution in [3.05, 3.63) is 34.5 Å². The molecule has 0 spiro atoms. The molecule has 0 unspecified atom stereocenters. The predicted molar refractivity (Wildman–Crippen MR) is 73.2 cm³/mol. The Kier molecular flexibility index (Phi) is 2.61. The fraction of sp³-hybridized carbons (Fsp3) is 0.154. The van der Waals surface area contributed by atoms with Crippen LogP contribution >= 0.6 is 22.7 Å². The smallest absolute Gasteiger partial charge is 0.338 e. The molecule has 2 heterocycles. The zero-order valence-electron chi connectivity index (χ0n) is 9.23. The molecule has 0 aliphatic heterocycles. The molecule has 0 saturated heterocycles. The number of thiophene rings is 2. The van der Waals surface area contributed by atoms with E-state index >= 15 is 0 Å². The molecule has 86 valence electrons. The second-order valence-electron chi connectivity index (χ2n) is 3.65. The highest BCUT2D eigenvalue weighted by atomic mass is 32.1. The van der Waals surface area contributed by atoms with Crippen molar-refractivity contribution in [1.29, 1.82) is 0 Å². The summed E-state index contributed by atoms with van der Waals surface area (Å²) in [5.74, 6) is -0.232. The molecule has 0 atom stereocenters. The van der Waals surface area contributed by atoms with Gasteiger partial charge < -0.3 is 4.74 Å². The lowest BCUT2D eigenvalue weighted by atomic mass is 10.1. The Morgan fingerprint density at radius 3 is 2.82 bits per heavy atom. The van der Waals surface area contributed by atoms with Gasteiger partial charge >= 0.3 is 5.97 Å². The lowest BCUT2D eigenvalue weighted by molar-refractivity contribution is 0.0529. The van der Waals surface area contributed by atoms with Gasteiger partial charge in [-0.05, 0) is 41.3 Å². The molecule has 3 aromatic rings. The fourth-order valence-corrected chi connectivity index (χ4v) is 3.92. The lowest BCUT2D eigenvalue weighted by Crippen LogP contribution is -2.04. The number of hydrogen-bond acceptors (Lipinski definition) is 4. The molecule has 3 rings (SSSR count). The van der Waals surface area contributed by atoms with Gasteiger partial charge in [0, 0.05) is 5.39 Å². The molecule has 0 radical (unpaired) electrons. The highest BCUT2D eigenvalue weighted by molar-refractivity contribution is 7.25. The first kappa shape index (κ1) is 10.7. The number of hydrogen-bond donors (Lipinski definition) is 0. The van der Waals surface area contributed by atoms with Crippen LogP contribution in [0.2, 0.25) is 0 Å². The van der Waals surface area contributed by atoms with Crippen molar-refractivity contribution in [2.45, 2.75) is 6.92 Å². The van der Waals surface area contributed by atoms with Gasteiger partial charge in [0.1, 0.15) is 0 Å². The number of ether oxygens (including phenoxy) is 1. The van der Waals surface area contributed by atoms with Crippen molar-refractivity contribution >= 4 is 48.8 Å². The largest absolute Gasteiger partial charge is 0.462 e. The van der Waals surface area contributed by atoms with E-state index in [1.54, 1.807) is 22.7 Å². The molecule has 0 bridgehead atoms. The van der Waals surface area contributed by atoms with Crippen molar-refractivity contribution in [1.82, 2.24) is 0 Å². The zero-order chi connectivity index (χ0) is 11.8. The quantitative estimate of drug-likeness (QED) is 0.644. The summed E-state index contributed by atoms with van der Waals surface area (Å²) in [7, 11) is 0. The standard InChI is InChI=1S/C13H10O2S2/c1-2-15-13(14)10-7-8-3-5-16-11(8)12-9(10)4-6-17-12/h3-7H,2H2,1H3. The lowest BCUT2D eigenvalue weighted by Gasteiger charge is -2.04. The van der Waals surface area contributed by atoms with Crippen LogP contribution in [0.5, 0.6) is 0 Å². The molecule has 4 heteroatoms. The Morgan fingerprint density at radius 1 is 1.24 bits per heavy atom. The van der Waals surface area contributed by atoms with E-state index in [0.717, 1.165) is 10.8 Å². The number of fused-ring (bicyclic) bond motifs is 3. The maximum Gasteiger partial charge on any atom is 0.338 e. The maximum absolute atomic E-state index is 11.9. The molecule has 0 N–H and O–H groups in total. The van der Waals surface area contributed by atoms with Crippen molar-refractivity contribution in [3.8, 4) is 0 Å². The van der Waals surface area contributed by atoms with Crippen LogP contribution in [0.15, 0.2) is 29.0 Å². The summed E-state index contributed by atoms with van der Waals surface area (Å²) in [5, 5.41) is 6.20. The molecule has 0 amide bonds. The van der Waals surface area contributed by atoms with E-state index < -0.39 is 0 Å². The average molecular weight is 262 g/mol. The second-order valence-corrected chi connectivity index (χ2v) is 5.48. The molecule has 2 nitrogen and oxygen atoms in total. The summed E-state index contributed by atoms with van der Waals surface area (Å²) in [5.41, 5.74) is 0.675. The van der Waals surface area contributed by atoms with Crippen LogP contribution in [0.25, 0.3) is 20.2 Å². The third kappa shape index (κ3) is 1.64. The number of benzene rings is 1. The fourth-order valence-electron chi connectivity index (χ4n) is 1.93. The van der Waals surface area contributed by atoms with E-state index in [1.807, 2.05) is 30.5 Å². The van der Waals surface area contributed by atoms with Gasteiger partial charge in [0.15, 0.2) is 0 Å². The topological polar surface area (TPSA) is 26.3 Å². The van der Waals surface area contributed by atoms with E-state index in [1.165, 1.54) is 9.40 Å². The van der Waals surface area contributed by atoms with Gasteiger partial charge in [0.05, 0.1) is 21.6 Å². The third-order valence-electron chi connectivity index (χ3n) is 2.65. The van der Waals surface area contributed by atoms with Crippen molar-refractivity contribution in [3.63, 3.8) is 0 Å². The Hall–Kier alpha value is -1.39. The predicted octanol–water partition coefficient (Wildman–Crippen LogP) is 4.29. The SMILES string of the molecule is CCOC(=O)c1cc2ccsc2c2sccc12. The number of rotatable bonds is 2. The summed E-state index contributed by atoms with van der Waals surface area (Å²) in [6.07, 6.45) is 0. The first-order valence-corrected chi connectivity index (χ1v) is 7.11. The van der Waals surface area contributed by atoms with Crippen molar-refractivity contribution in [2.75, 3.05) is 6.61 Å². The van der Waals surface area contributed by atoms with Crippen LogP contribution in [0.1, 0.15) is 17.3 Å². The van der Waals surface area contributed by atoms with Crippen LogP contribution in [0.3, 0.4) is 0 Å². The van der Waals surface area contributed by atoms with Gasteiger partial charge in [-0.15, -0.1) is 22.7 Å². The summed E-state index contributed by atoms with van der Waals surface area (Å²) in [4.78, 5) is 11.9. The number of carbonyl (C=O) groups is 1. The monoisotopic (exact) mass is 262 g/mol. The minimum absolute atomic E-state index is 0.232. The molecule has 2 aromatic heterocycles. The van der Waals surface area contributed by atoms with Crippen LogP contribution in [0.4, 0.5) is 0 Å². The minimum Gasteiger partial charge on any atom is -0.462 e. The molecule has 1 aromatic carbocycles. The Morgan fingerprint density at radius 2 is 2.00 bits per heavy atom. The van der Waals surface area contributed by atoms with E-state index in [-0.39, 0.29) is 5.97 Å². The van der Waals surface area contributed by atoms with Crippen LogP contribution in [-0.4, -0.2) is 12.6 Å². The summed E-state index contributed by atoms with van der Waals surface area (Å²) in [6.45, 7) is 2.23. The van der Waals surface area contributed by atoms with Gasteiger partial charge in [-0.3, -0.25) is 0 Å². The average Bonchev–Trinajstić information content (AvgIpc) is 2.95. The Balaban J connectivity index is 2.33. The molecule has 17 heavy (non-hydrogen) atoms. The van der Waals surface area contributed by atoms with Crippen LogP contribution in [-0.2, 0) is 4.74 Å². The minimum atomic E-state index is -0.232. The number of carbonyl (C=O) groups excluding carboxylic acids is 1. The van der Waals surface area contributed by atoms with Gasteiger partial charge in [-0.1, -0.05) is 0 Å². The first-order chi connectivity index (χ1) is 8.31. The summed E-state index contributed by atoms with van der Waals surface area (Å²) >= 11 is 3.39. The van der Waals surface area contributed by atoms with Crippen molar-refractivity contribution < 1.29 is 9.53 Å². The second kappa shape index (κ2) is 4.13. The molecular formula is C13H10O2S2. The van der Waals surface area contributed by atoms with E-state index in [0.29, 0.717) is 12.2 Å². The molecule has 0 aliphatic rings. The summed E-state index contributed by atoms with van der Waals surface area (Å²) < 4.78 is 7.53. The van der Waals surface area contributed by atoms with Gasteiger partial charge in [-0.25, -0.2) is 4.79 Å². The first-order valence-electron chi connectivity index (χ1n) is 5.36. The van der Waals surface area contributed by atoms with E-state index in [9.17, 15) is 4.79 Å². The molecule has 0 aliphatic carbocycles. The highest BCUT2D eigenvalue weighted by Gasteiger charge is 2.15. The summed E-state index contributed by atoms with van der Waals surface area (Å²) in [6, 6.07) is 5.96. The van der Waals surface area contributed by atoms with Gasteiger partial charge in [0.25, 0.3) is 0 Å². The molecule has 0 saturated carbocycles. The van der Waals surface area contributed by atoms with Crippen LogP contribution < -0.4 is 0 Å². The number of esters is 1. The normalized spacial score (nSPS) is 11.1. The third-order valence-corrected chi connectivity index (χ3v) is 4.66. The maximum atomic E-state index is 11.9. The molecular weight excluding hydrogens is 252 g/mol. The Labute approximate surface area is 106 Å². The van der Waals surface area contributed by atoms with Gasteiger partial charge in [0.2, 0.25) is 0 Å². The van der Waals surface area contributed by atoms with E-state index in [4.69, 9.17) is 4.74 Å². The molecule has 0 fully saturated rings. The van der Waals surface area contributed by atoms with E-state index in [2.05, 4.69) is 5.38 Å².